The van der Waals surface area contributed by atoms with E-state index in [2.05, 4.69) is 33.0 Å². The second-order valence-corrected chi connectivity index (χ2v) is 7.49. The molecule has 0 unspecified atom stereocenters. The van der Waals surface area contributed by atoms with E-state index in [1.807, 2.05) is 35.7 Å². The summed E-state index contributed by atoms with van der Waals surface area (Å²) in [4.78, 5) is 5.75. The fourth-order valence-electron chi connectivity index (χ4n) is 3.10. The first-order chi connectivity index (χ1) is 12.2. The average molecular weight is 375 g/mol. The maximum Gasteiger partial charge on any atom is 0.257 e. The lowest BCUT2D eigenvalue weighted by molar-refractivity contribution is 0.174. The van der Waals surface area contributed by atoms with Crippen molar-refractivity contribution in [2.75, 3.05) is 31.1 Å². The summed E-state index contributed by atoms with van der Waals surface area (Å²) in [7, 11) is 0. The minimum absolute atomic E-state index is 0.114. The first-order valence-electron chi connectivity index (χ1n) is 8.32. The maximum absolute atomic E-state index is 6.10. The number of rotatable bonds is 4. The lowest BCUT2D eigenvalue weighted by Crippen LogP contribution is -2.47. The largest absolute Gasteiger partial charge is 0.418 e. The van der Waals surface area contributed by atoms with Crippen molar-refractivity contribution in [3.8, 4) is 10.8 Å². The molecule has 1 saturated heterocycles. The summed E-state index contributed by atoms with van der Waals surface area (Å²) in [5, 5.41) is 11.2. The SMILES string of the molecule is C[C@@H](c1nnc(-c2cccs2)o1)N1CCN(c2cccc(Cl)c2)CC1. The molecule has 0 bridgehead atoms. The highest BCUT2D eigenvalue weighted by molar-refractivity contribution is 7.13. The third-order valence-electron chi connectivity index (χ3n) is 4.57. The molecule has 3 heterocycles. The first kappa shape index (κ1) is 16.6. The Hall–Kier alpha value is -1.89. The van der Waals surface area contributed by atoms with Gasteiger partial charge >= 0.3 is 0 Å². The van der Waals surface area contributed by atoms with Gasteiger partial charge in [-0.2, -0.15) is 0 Å². The van der Waals surface area contributed by atoms with Crippen LogP contribution in [0.15, 0.2) is 46.2 Å². The van der Waals surface area contributed by atoms with Gasteiger partial charge in [0, 0.05) is 36.9 Å². The third-order valence-corrected chi connectivity index (χ3v) is 5.66. The van der Waals surface area contributed by atoms with Gasteiger partial charge in [-0.25, -0.2) is 0 Å². The second kappa shape index (κ2) is 7.15. The zero-order valence-electron chi connectivity index (χ0n) is 13.9. The summed E-state index contributed by atoms with van der Waals surface area (Å²) in [6, 6.07) is 12.1. The molecule has 0 spiro atoms. The van der Waals surface area contributed by atoms with Crippen LogP contribution in [-0.4, -0.2) is 41.3 Å². The molecule has 130 valence electrons. The predicted molar refractivity (Wildman–Crippen MR) is 101 cm³/mol. The van der Waals surface area contributed by atoms with Crippen molar-refractivity contribution in [1.82, 2.24) is 15.1 Å². The Morgan fingerprint density at radius 1 is 1.12 bits per heavy atom. The number of anilines is 1. The van der Waals surface area contributed by atoms with Crippen molar-refractivity contribution in [3.63, 3.8) is 0 Å². The molecule has 25 heavy (non-hydrogen) atoms. The molecule has 4 rings (SSSR count). The topological polar surface area (TPSA) is 45.4 Å². The molecule has 0 amide bonds. The zero-order chi connectivity index (χ0) is 17.2. The molecule has 0 radical (unpaired) electrons. The zero-order valence-corrected chi connectivity index (χ0v) is 15.5. The summed E-state index contributed by atoms with van der Waals surface area (Å²) in [6.07, 6.45) is 0. The highest BCUT2D eigenvalue weighted by atomic mass is 35.5. The predicted octanol–water partition coefficient (Wildman–Crippen LogP) is 4.33. The average Bonchev–Trinajstić information content (AvgIpc) is 3.32. The highest BCUT2D eigenvalue weighted by Gasteiger charge is 2.26. The fourth-order valence-corrected chi connectivity index (χ4v) is 3.93. The summed E-state index contributed by atoms with van der Waals surface area (Å²) in [5.74, 6) is 1.29. The van der Waals surface area contributed by atoms with E-state index in [-0.39, 0.29) is 6.04 Å². The molecule has 1 atom stereocenters. The number of hydrogen-bond donors (Lipinski definition) is 0. The highest BCUT2D eigenvalue weighted by Crippen LogP contribution is 2.28. The minimum atomic E-state index is 0.114. The Morgan fingerprint density at radius 3 is 2.68 bits per heavy atom. The monoisotopic (exact) mass is 374 g/mol. The number of thiophene rings is 1. The van der Waals surface area contributed by atoms with E-state index in [4.69, 9.17) is 16.0 Å². The van der Waals surface area contributed by atoms with Crippen LogP contribution in [0.2, 0.25) is 5.02 Å². The molecule has 7 heteroatoms. The summed E-state index contributed by atoms with van der Waals surface area (Å²) >= 11 is 7.71. The fraction of sp³-hybridized carbons (Fsp3) is 0.333. The van der Waals surface area contributed by atoms with Gasteiger partial charge in [0.2, 0.25) is 5.89 Å². The van der Waals surface area contributed by atoms with Crippen LogP contribution < -0.4 is 4.90 Å². The number of hydrogen-bond acceptors (Lipinski definition) is 6. The van der Waals surface area contributed by atoms with Gasteiger partial charge < -0.3 is 9.32 Å². The Morgan fingerprint density at radius 2 is 1.96 bits per heavy atom. The van der Waals surface area contributed by atoms with Crippen molar-refractivity contribution in [2.24, 2.45) is 0 Å². The molecular formula is C18H19ClN4OS. The maximum atomic E-state index is 6.10. The second-order valence-electron chi connectivity index (χ2n) is 6.10. The number of benzene rings is 1. The molecule has 1 aliphatic heterocycles. The summed E-state index contributed by atoms with van der Waals surface area (Å²) in [6.45, 7) is 5.93. The Labute approximate surface area is 155 Å². The van der Waals surface area contributed by atoms with E-state index in [0.29, 0.717) is 11.8 Å². The molecular weight excluding hydrogens is 356 g/mol. The molecule has 3 aromatic rings. The normalized spacial score (nSPS) is 17.0. The van der Waals surface area contributed by atoms with Crippen molar-refractivity contribution < 1.29 is 4.42 Å². The van der Waals surface area contributed by atoms with E-state index in [9.17, 15) is 0 Å². The van der Waals surface area contributed by atoms with Crippen molar-refractivity contribution >= 4 is 28.6 Å². The Balaban J connectivity index is 1.40. The van der Waals surface area contributed by atoms with E-state index in [0.717, 1.165) is 36.1 Å². The molecule has 5 nitrogen and oxygen atoms in total. The smallest absolute Gasteiger partial charge is 0.257 e. The number of halogens is 1. The van der Waals surface area contributed by atoms with Crippen molar-refractivity contribution in [2.45, 2.75) is 13.0 Å². The lowest BCUT2D eigenvalue weighted by Gasteiger charge is -2.38. The molecule has 0 N–H and O–H groups in total. The van der Waals surface area contributed by atoms with Crippen LogP contribution >= 0.6 is 22.9 Å². The number of aromatic nitrogens is 2. The van der Waals surface area contributed by atoms with Gasteiger partial charge in [0.15, 0.2) is 0 Å². The van der Waals surface area contributed by atoms with Crippen molar-refractivity contribution in [3.05, 3.63) is 52.7 Å². The quantitative estimate of drug-likeness (QED) is 0.680. The minimum Gasteiger partial charge on any atom is -0.418 e. The van der Waals surface area contributed by atoms with Gasteiger partial charge in [-0.3, -0.25) is 4.90 Å². The van der Waals surface area contributed by atoms with Gasteiger partial charge in [-0.1, -0.05) is 23.7 Å². The lowest BCUT2D eigenvalue weighted by atomic mass is 10.2. The van der Waals surface area contributed by atoms with Crippen LogP contribution in [0.1, 0.15) is 18.9 Å². The Kier molecular flexibility index (Phi) is 4.74. The molecule has 0 aliphatic carbocycles. The first-order valence-corrected chi connectivity index (χ1v) is 9.58. The molecule has 1 fully saturated rings. The molecule has 0 saturated carbocycles. The molecule has 1 aliphatic rings. The summed E-state index contributed by atoms with van der Waals surface area (Å²) < 4.78 is 5.89. The van der Waals surface area contributed by atoms with E-state index in [1.54, 1.807) is 11.3 Å². The molecule has 1 aromatic carbocycles. The number of nitrogens with zero attached hydrogens (tertiary/aromatic N) is 4. The third kappa shape index (κ3) is 3.56. The standard InChI is InChI=1S/C18H19ClN4OS/c1-13(17-20-21-18(24-17)16-6-3-11-25-16)22-7-9-23(10-8-22)15-5-2-4-14(19)12-15/h2-6,11-13H,7-10H2,1H3/t13-/m0/s1. The van der Waals surface area contributed by atoms with Crippen molar-refractivity contribution in [1.29, 1.82) is 0 Å². The van der Waals surface area contributed by atoms with Gasteiger partial charge in [0.05, 0.1) is 10.9 Å². The van der Waals surface area contributed by atoms with Crippen LogP contribution in [-0.2, 0) is 0 Å². The van der Waals surface area contributed by atoms with Crippen LogP contribution in [0.4, 0.5) is 5.69 Å². The van der Waals surface area contributed by atoms with Gasteiger partial charge in [-0.15, -0.1) is 21.5 Å². The van der Waals surface area contributed by atoms with Gasteiger partial charge in [0.1, 0.15) is 0 Å². The van der Waals surface area contributed by atoms with Crippen LogP contribution in [0.25, 0.3) is 10.8 Å². The van der Waals surface area contributed by atoms with E-state index in [1.165, 1.54) is 5.69 Å². The van der Waals surface area contributed by atoms with E-state index >= 15 is 0 Å². The Bertz CT molecular complexity index is 827. The van der Waals surface area contributed by atoms with Gasteiger partial charge in [0.25, 0.3) is 5.89 Å². The van der Waals surface area contributed by atoms with Crippen LogP contribution in [0, 0.1) is 0 Å². The summed E-state index contributed by atoms with van der Waals surface area (Å²) in [5.41, 5.74) is 1.18. The molecule has 2 aromatic heterocycles. The van der Waals surface area contributed by atoms with Gasteiger partial charge in [-0.05, 0) is 36.6 Å². The van der Waals surface area contributed by atoms with E-state index < -0.39 is 0 Å². The van der Waals surface area contributed by atoms with Crippen LogP contribution in [0.5, 0.6) is 0 Å². The van der Waals surface area contributed by atoms with Crippen LogP contribution in [0.3, 0.4) is 0 Å². The number of piperazine rings is 1.